The molecule has 0 spiro atoms. The molecule has 0 atom stereocenters. The normalized spacial score (nSPS) is 10.5. The Morgan fingerprint density at radius 2 is 1.79 bits per heavy atom. The largest absolute Gasteiger partial charge is 0.439 e. The van der Waals surface area contributed by atoms with E-state index < -0.39 is 0 Å². The number of aromatic nitrogens is 1. The molecule has 1 aromatic heterocycles. The zero-order chi connectivity index (χ0) is 10.1. The van der Waals surface area contributed by atoms with Gasteiger partial charge in [-0.05, 0) is 26.0 Å². The molecule has 0 aliphatic heterocycles. The Bertz CT molecular complexity index is 442. The van der Waals surface area contributed by atoms with Gasteiger partial charge in [-0.15, -0.1) is 0 Å². The minimum absolute atomic E-state index is 0.520. The van der Waals surface area contributed by atoms with Crippen molar-refractivity contribution in [1.82, 2.24) is 4.98 Å². The molecule has 0 aliphatic rings. The van der Waals surface area contributed by atoms with E-state index in [-0.39, 0.29) is 0 Å². The van der Waals surface area contributed by atoms with Crippen molar-refractivity contribution in [2.75, 3.05) is 0 Å². The number of benzene rings is 1. The summed E-state index contributed by atoms with van der Waals surface area (Å²) in [6.45, 7) is 4.15. The fourth-order valence-electron chi connectivity index (χ4n) is 1.51. The van der Waals surface area contributed by atoms with E-state index in [1.807, 2.05) is 0 Å². The molecule has 0 amide bonds. The molecule has 0 radical (unpaired) electrons. The summed E-state index contributed by atoms with van der Waals surface area (Å²) >= 11 is 3.19. The van der Waals surface area contributed by atoms with Crippen molar-refractivity contribution in [3.8, 4) is 11.3 Å². The molecule has 3 heteroatoms. The predicted octanol–water partition coefficient (Wildman–Crippen LogP) is 3.72. The second-order valence-corrected chi connectivity index (χ2v) is 4.04. The highest BCUT2D eigenvalue weighted by atomic mass is 79.9. The van der Waals surface area contributed by atoms with Crippen LogP contribution in [0, 0.1) is 13.8 Å². The molecular weight excluding hydrogens is 242 g/mol. The van der Waals surface area contributed by atoms with Crippen molar-refractivity contribution in [2.24, 2.45) is 0 Å². The summed E-state index contributed by atoms with van der Waals surface area (Å²) in [5.41, 5.74) is 4.43. The van der Waals surface area contributed by atoms with Gasteiger partial charge in [0.15, 0.2) is 0 Å². The van der Waals surface area contributed by atoms with Gasteiger partial charge in [-0.2, -0.15) is 0 Å². The van der Waals surface area contributed by atoms with Crippen molar-refractivity contribution in [3.63, 3.8) is 0 Å². The topological polar surface area (TPSA) is 26.0 Å². The quantitative estimate of drug-likeness (QED) is 0.773. The number of aryl methyl sites for hydroxylation is 2. The molecule has 2 aromatic rings. The minimum atomic E-state index is 0.520. The number of oxazole rings is 1. The summed E-state index contributed by atoms with van der Waals surface area (Å²) in [6, 6.07) is 6.33. The molecular formula is C11H10BrNO. The zero-order valence-electron chi connectivity index (χ0n) is 8.04. The van der Waals surface area contributed by atoms with Crippen molar-refractivity contribution in [2.45, 2.75) is 13.8 Å². The monoisotopic (exact) mass is 251 g/mol. The van der Waals surface area contributed by atoms with E-state index in [1.165, 1.54) is 11.1 Å². The van der Waals surface area contributed by atoms with Gasteiger partial charge in [-0.25, -0.2) is 4.98 Å². The molecule has 0 N–H and O–H groups in total. The van der Waals surface area contributed by atoms with Crippen LogP contribution < -0.4 is 0 Å². The summed E-state index contributed by atoms with van der Waals surface area (Å²) in [6.07, 6.45) is 1.65. The number of halogens is 1. The van der Waals surface area contributed by atoms with Crippen LogP contribution in [0.4, 0.5) is 0 Å². The van der Waals surface area contributed by atoms with Gasteiger partial charge in [0.1, 0.15) is 12.0 Å². The van der Waals surface area contributed by atoms with Crippen molar-refractivity contribution >= 4 is 15.9 Å². The van der Waals surface area contributed by atoms with Crippen LogP contribution in [0.5, 0.6) is 0 Å². The van der Waals surface area contributed by atoms with Crippen LogP contribution in [-0.2, 0) is 0 Å². The van der Waals surface area contributed by atoms with E-state index in [0.29, 0.717) is 4.80 Å². The fourth-order valence-corrected chi connectivity index (χ4v) is 1.79. The predicted molar refractivity (Wildman–Crippen MR) is 59.1 cm³/mol. The maximum Gasteiger partial charge on any atom is 0.264 e. The third-order valence-corrected chi connectivity index (χ3v) is 2.36. The maximum atomic E-state index is 5.10. The first kappa shape index (κ1) is 9.46. The Labute approximate surface area is 91.1 Å². The summed E-state index contributed by atoms with van der Waals surface area (Å²) in [5.74, 6) is 0. The van der Waals surface area contributed by atoms with E-state index in [9.17, 15) is 0 Å². The lowest BCUT2D eigenvalue weighted by atomic mass is 10.1. The molecule has 0 fully saturated rings. The second-order valence-electron chi connectivity index (χ2n) is 3.36. The van der Waals surface area contributed by atoms with E-state index in [0.717, 1.165) is 11.3 Å². The van der Waals surface area contributed by atoms with Crippen LogP contribution in [0.2, 0.25) is 0 Å². The smallest absolute Gasteiger partial charge is 0.264 e. The summed E-state index contributed by atoms with van der Waals surface area (Å²) < 4.78 is 5.10. The Hall–Kier alpha value is -1.09. The van der Waals surface area contributed by atoms with Crippen LogP contribution in [0.25, 0.3) is 11.3 Å². The van der Waals surface area contributed by atoms with Gasteiger partial charge in [0.05, 0.1) is 0 Å². The molecule has 1 heterocycles. The average molecular weight is 252 g/mol. The molecule has 2 rings (SSSR count). The molecule has 72 valence electrons. The Balaban J connectivity index is 2.51. The van der Waals surface area contributed by atoms with Gasteiger partial charge >= 0.3 is 0 Å². The van der Waals surface area contributed by atoms with Crippen LogP contribution in [0.15, 0.2) is 33.7 Å². The standard InChI is InChI=1S/C11H10BrNO/c1-7-3-8(2)5-9(4-7)10-6-14-11(12)13-10/h3-6H,1-2H3. The van der Waals surface area contributed by atoms with Crippen LogP contribution in [-0.4, -0.2) is 4.98 Å². The molecule has 14 heavy (non-hydrogen) atoms. The van der Waals surface area contributed by atoms with Gasteiger partial charge in [0.25, 0.3) is 4.80 Å². The van der Waals surface area contributed by atoms with Gasteiger partial charge in [-0.1, -0.05) is 17.2 Å². The first-order chi connectivity index (χ1) is 6.65. The third-order valence-electron chi connectivity index (χ3n) is 1.99. The molecule has 0 unspecified atom stereocenters. The fraction of sp³-hybridized carbons (Fsp3) is 0.182. The molecule has 2 nitrogen and oxygen atoms in total. The molecule has 0 bridgehead atoms. The van der Waals surface area contributed by atoms with Gasteiger partial charge in [-0.3, -0.25) is 0 Å². The van der Waals surface area contributed by atoms with E-state index in [1.54, 1.807) is 6.26 Å². The van der Waals surface area contributed by atoms with Gasteiger partial charge in [0, 0.05) is 21.5 Å². The van der Waals surface area contributed by atoms with Crippen LogP contribution in [0.3, 0.4) is 0 Å². The lowest BCUT2D eigenvalue weighted by molar-refractivity contribution is 0.529. The number of rotatable bonds is 1. The van der Waals surface area contributed by atoms with Crippen molar-refractivity contribution < 1.29 is 4.42 Å². The van der Waals surface area contributed by atoms with E-state index >= 15 is 0 Å². The first-order valence-electron chi connectivity index (χ1n) is 4.35. The maximum absolute atomic E-state index is 5.10. The second kappa shape index (κ2) is 3.58. The van der Waals surface area contributed by atoms with Gasteiger partial charge < -0.3 is 4.42 Å². The summed E-state index contributed by atoms with van der Waals surface area (Å²) in [7, 11) is 0. The van der Waals surface area contributed by atoms with Crippen LogP contribution >= 0.6 is 15.9 Å². The van der Waals surface area contributed by atoms with Crippen LogP contribution in [0.1, 0.15) is 11.1 Å². The number of hydrogen-bond acceptors (Lipinski definition) is 2. The highest BCUT2D eigenvalue weighted by Crippen LogP contribution is 2.23. The highest BCUT2D eigenvalue weighted by Gasteiger charge is 2.04. The molecule has 1 aromatic carbocycles. The average Bonchev–Trinajstić information content (AvgIpc) is 2.50. The number of hydrogen-bond donors (Lipinski definition) is 0. The lowest BCUT2D eigenvalue weighted by Crippen LogP contribution is -1.82. The molecule has 0 saturated heterocycles. The highest BCUT2D eigenvalue weighted by molar-refractivity contribution is 9.10. The van der Waals surface area contributed by atoms with Crippen molar-refractivity contribution in [3.05, 3.63) is 40.4 Å². The first-order valence-corrected chi connectivity index (χ1v) is 5.14. The van der Waals surface area contributed by atoms with E-state index in [4.69, 9.17) is 4.42 Å². The molecule has 0 aliphatic carbocycles. The van der Waals surface area contributed by atoms with Gasteiger partial charge in [0.2, 0.25) is 0 Å². The SMILES string of the molecule is Cc1cc(C)cc(-c2coc(Br)n2)c1. The van der Waals surface area contributed by atoms with Crippen molar-refractivity contribution in [1.29, 1.82) is 0 Å². The zero-order valence-corrected chi connectivity index (χ0v) is 9.63. The molecule has 0 saturated carbocycles. The Morgan fingerprint density at radius 3 is 2.29 bits per heavy atom. The Morgan fingerprint density at radius 1 is 1.14 bits per heavy atom. The van der Waals surface area contributed by atoms with E-state index in [2.05, 4.69) is 53.0 Å². The number of nitrogens with zero attached hydrogens (tertiary/aromatic N) is 1. The summed E-state index contributed by atoms with van der Waals surface area (Å²) in [4.78, 5) is 4.73. The third kappa shape index (κ3) is 1.87. The minimum Gasteiger partial charge on any atom is -0.439 e. The lowest BCUT2D eigenvalue weighted by Gasteiger charge is -2.00. The summed E-state index contributed by atoms with van der Waals surface area (Å²) in [5, 5.41) is 0. The Kier molecular flexibility index (Phi) is 2.42.